The van der Waals surface area contributed by atoms with E-state index in [1.54, 1.807) is 21.3 Å². The summed E-state index contributed by atoms with van der Waals surface area (Å²) in [4.78, 5) is 4.81. The monoisotopic (exact) mass is 416 g/mol. The zero-order valence-corrected chi connectivity index (χ0v) is 18.4. The average molecular weight is 417 g/mol. The molecule has 1 aliphatic heterocycles. The van der Waals surface area contributed by atoms with Crippen LogP contribution in [0.25, 0.3) is 0 Å². The fourth-order valence-electron chi connectivity index (χ4n) is 4.65. The van der Waals surface area contributed by atoms with Gasteiger partial charge in [0.05, 0.1) is 33.4 Å². The van der Waals surface area contributed by atoms with Crippen molar-refractivity contribution < 1.29 is 14.2 Å². The van der Waals surface area contributed by atoms with E-state index in [0.717, 1.165) is 50.4 Å². The van der Waals surface area contributed by atoms with Crippen LogP contribution in [0.3, 0.4) is 0 Å². The lowest BCUT2D eigenvalue weighted by molar-refractivity contribution is 0.120. The molecule has 2 heterocycles. The van der Waals surface area contributed by atoms with Crippen molar-refractivity contribution in [3.05, 3.63) is 23.5 Å². The lowest BCUT2D eigenvalue weighted by atomic mass is 10.0. The summed E-state index contributed by atoms with van der Waals surface area (Å²) in [5, 5.41) is 13.0. The largest absolute Gasteiger partial charge is 0.493 e. The Labute approximate surface area is 177 Å². The van der Waals surface area contributed by atoms with Crippen LogP contribution in [0, 0.1) is 0 Å². The molecule has 4 rings (SSSR count). The molecule has 1 saturated carbocycles. The predicted molar refractivity (Wildman–Crippen MR) is 112 cm³/mol. The molecule has 164 valence electrons. The van der Waals surface area contributed by atoms with Gasteiger partial charge in [0.15, 0.2) is 17.3 Å². The van der Waals surface area contributed by atoms with Crippen LogP contribution in [0.2, 0.25) is 0 Å². The molecule has 2 fully saturated rings. The van der Waals surface area contributed by atoms with Crippen LogP contribution in [0.15, 0.2) is 12.1 Å². The van der Waals surface area contributed by atoms with Gasteiger partial charge in [-0.3, -0.25) is 4.90 Å². The molecule has 30 heavy (non-hydrogen) atoms. The number of benzene rings is 1. The smallest absolute Gasteiger partial charge is 0.203 e. The van der Waals surface area contributed by atoms with Gasteiger partial charge in [0, 0.05) is 26.2 Å². The van der Waals surface area contributed by atoms with E-state index < -0.39 is 0 Å². The molecule has 0 radical (unpaired) electrons. The number of piperazine rings is 1. The number of ether oxygens (including phenoxy) is 3. The van der Waals surface area contributed by atoms with Crippen molar-refractivity contribution in [2.45, 2.75) is 37.8 Å². The van der Waals surface area contributed by atoms with Crippen LogP contribution in [-0.2, 0) is 0 Å². The highest BCUT2D eigenvalue weighted by atomic mass is 16.5. The summed E-state index contributed by atoms with van der Waals surface area (Å²) in [6, 6.07) is 4.34. The quantitative estimate of drug-likeness (QED) is 0.680. The lowest BCUT2D eigenvalue weighted by Crippen LogP contribution is -2.46. The molecule has 1 atom stereocenters. The zero-order valence-electron chi connectivity index (χ0n) is 18.4. The van der Waals surface area contributed by atoms with Crippen molar-refractivity contribution >= 4 is 0 Å². The number of methoxy groups -OCH3 is 3. The first kappa shape index (κ1) is 20.9. The van der Waals surface area contributed by atoms with Gasteiger partial charge < -0.3 is 19.1 Å². The standard InChI is InChI=1S/C21H32N6O3/c1-25-9-11-26(12-10-25)19(21-22-23-24-27(21)16-7-5-6-8-16)15-13-17(28-2)20(30-4)18(14-15)29-3/h13-14,16,19H,5-12H2,1-4H3/t19-/m1/s1. The van der Waals surface area contributed by atoms with Crippen LogP contribution in [0.1, 0.15) is 49.2 Å². The second kappa shape index (κ2) is 9.18. The van der Waals surface area contributed by atoms with Crippen molar-refractivity contribution in [3.8, 4) is 17.2 Å². The molecule has 0 bridgehead atoms. The van der Waals surface area contributed by atoms with Crippen LogP contribution < -0.4 is 14.2 Å². The normalized spacial score (nSPS) is 19.7. The van der Waals surface area contributed by atoms with E-state index in [4.69, 9.17) is 14.2 Å². The van der Waals surface area contributed by atoms with E-state index in [9.17, 15) is 0 Å². The van der Waals surface area contributed by atoms with E-state index in [2.05, 4.69) is 37.1 Å². The Morgan fingerprint density at radius 3 is 2.13 bits per heavy atom. The highest BCUT2D eigenvalue weighted by Crippen LogP contribution is 2.42. The Morgan fingerprint density at radius 2 is 1.57 bits per heavy atom. The summed E-state index contributed by atoms with van der Waals surface area (Å²) in [5.41, 5.74) is 1.04. The summed E-state index contributed by atoms with van der Waals surface area (Å²) < 4.78 is 18.8. The van der Waals surface area contributed by atoms with Crippen molar-refractivity contribution in [2.24, 2.45) is 0 Å². The number of hydrogen-bond acceptors (Lipinski definition) is 8. The fraction of sp³-hybridized carbons (Fsp3) is 0.667. The Morgan fingerprint density at radius 1 is 0.933 bits per heavy atom. The van der Waals surface area contributed by atoms with Gasteiger partial charge in [-0.15, -0.1) is 5.10 Å². The molecule has 2 aromatic rings. The second-order valence-corrected chi connectivity index (χ2v) is 8.12. The lowest BCUT2D eigenvalue weighted by Gasteiger charge is -2.38. The fourth-order valence-corrected chi connectivity index (χ4v) is 4.65. The van der Waals surface area contributed by atoms with E-state index in [1.165, 1.54) is 12.8 Å². The van der Waals surface area contributed by atoms with Crippen LogP contribution in [0.4, 0.5) is 0 Å². The van der Waals surface area contributed by atoms with Gasteiger partial charge in [-0.1, -0.05) is 12.8 Å². The second-order valence-electron chi connectivity index (χ2n) is 8.12. The Hall–Kier alpha value is -2.39. The molecule has 2 aliphatic rings. The highest BCUT2D eigenvalue weighted by Gasteiger charge is 2.34. The minimum atomic E-state index is -0.0805. The molecule has 9 heteroatoms. The molecule has 1 aromatic carbocycles. The third-order valence-corrected chi connectivity index (χ3v) is 6.34. The Kier molecular flexibility index (Phi) is 6.38. The van der Waals surface area contributed by atoms with Crippen LogP contribution in [-0.4, -0.2) is 84.6 Å². The zero-order chi connectivity index (χ0) is 21.1. The summed E-state index contributed by atoms with van der Waals surface area (Å²) in [6.07, 6.45) is 4.71. The number of likely N-dealkylation sites (N-methyl/N-ethyl adjacent to an activating group) is 1. The SMILES string of the molecule is COc1cc([C@H](c2nnnn2C2CCCC2)N2CCN(C)CC2)cc(OC)c1OC. The number of nitrogens with zero attached hydrogens (tertiary/aromatic N) is 6. The molecular formula is C21H32N6O3. The van der Waals surface area contributed by atoms with Gasteiger partial charge >= 0.3 is 0 Å². The minimum Gasteiger partial charge on any atom is -0.493 e. The third kappa shape index (κ3) is 3.96. The molecule has 1 aliphatic carbocycles. The third-order valence-electron chi connectivity index (χ3n) is 6.34. The first-order valence-electron chi connectivity index (χ1n) is 10.7. The first-order valence-corrected chi connectivity index (χ1v) is 10.7. The molecule has 0 amide bonds. The van der Waals surface area contributed by atoms with E-state index in [1.807, 2.05) is 12.1 Å². The maximum atomic E-state index is 5.63. The number of rotatable bonds is 7. The molecule has 0 spiro atoms. The van der Waals surface area contributed by atoms with E-state index in [0.29, 0.717) is 23.3 Å². The summed E-state index contributed by atoms with van der Waals surface area (Å²) in [5.74, 6) is 2.77. The summed E-state index contributed by atoms with van der Waals surface area (Å²) in [7, 11) is 7.08. The number of hydrogen-bond donors (Lipinski definition) is 0. The van der Waals surface area contributed by atoms with Gasteiger partial charge in [0.1, 0.15) is 0 Å². The van der Waals surface area contributed by atoms with Crippen LogP contribution in [0.5, 0.6) is 17.2 Å². The number of aromatic nitrogens is 4. The van der Waals surface area contributed by atoms with Crippen molar-refractivity contribution in [2.75, 3.05) is 54.6 Å². The Bertz CT molecular complexity index is 818. The first-order chi connectivity index (χ1) is 14.7. The Balaban J connectivity index is 1.80. The molecule has 1 saturated heterocycles. The number of tetrazole rings is 1. The molecule has 0 N–H and O–H groups in total. The van der Waals surface area contributed by atoms with Gasteiger partial charge in [-0.2, -0.15) is 0 Å². The highest BCUT2D eigenvalue weighted by molar-refractivity contribution is 5.55. The summed E-state index contributed by atoms with van der Waals surface area (Å²) >= 11 is 0. The summed E-state index contributed by atoms with van der Waals surface area (Å²) in [6.45, 7) is 3.89. The van der Waals surface area contributed by atoms with E-state index in [-0.39, 0.29) is 6.04 Å². The van der Waals surface area contributed by atoms with E-state index >= 15 is 0 Å². The minimum absolute atomic E-state index is 0.0805. The molecule has 0 unspecified atom stereocenters. The van der Waals surface area contributed by atoms with Crippen molar-refractivity contribution in [1.82, 2.24) is 30.0 Å². The topological polar surface area (TPSA) is 77.8 Å². The van der Waals surface area contributed by atoms with Crippen molar-refractivity contribution in [3.63, 3.8) is 0 Å². The predicted octanol–water partition coefficient (Wildman–Crippen LogP) is 2.15. The van der Waals surface area contributed by atoms with Gasteiger partial charge in [-0.25, -0.2) is 4.68 Å². The maximum Gasteiger partial charge on any atom is 0.203 e. The van der Waals surface area contributed by atoms with Gasteiger partial charge in [-0.05, 0) is 48.0 Å². The van der Waals surface area contributed by atoms with Gasteiger partial charge in [0.2, 0.25) is 5.75 Å². The van der Waals surface area contributed by atoms with Crippen LogP contribution >= 0.6 is 0 Å². The van der Waals surface area contributed by atoms with Gasteiger partial charge in [0.25, 0.3) is 0 Å². The average Bonchev–Trinajstić information content (AvgIpc) is 3.46. The molecule has 9 nitrogen and oxygen atoms in total. The van der Waals surface area contributed by atoms with Crippen molar-refractivity contribution in [1.29, 1.82) is 0 Å². The molecule has 1 aromatic heterocycles. The maximum absolute atomic E-state index is 5.63. The molecular weight excluding hydrogens is 384 g/mol.